The number of ether oxygens (including phenoxy) is 1. The summed E-state index contributed by atoms with van der Waals surface area (Å²) in [7, 11) is 0. The van der Waals surface area contributed by atoms with Crippen molar-refractivity contribution in [1.29, 1.82) is 0 Å². The molecule has 1 aromatic rings. The molecule has 2 aliphatic rings. The molecule has 0 radical (unpaired) electrons. The molecule has 1 aliphatic carbocycles. The molecule has 2 heterocycles. The molecule has 3 rings (SSSR count). The Kier molecular flexibility index (Phi) is 4.15. The molecule has 5 heteroatoms. The van der Waals surface area contributed by atoms with Crippen molar-refractivity contribution in [1.82, 2.24) is 15.1 Å². The number of nitrogens with one attached hydrogen (secondary N) is 1. The largest absolute Gasteiger partial charge is 0.444 e. The van der Waals surface area contributed by atoms with Crippen molar-refractivity contribution in [3.8, 4) is 0 Å². The Morgan fingerprint density at radius 1 is 1.23 bits per heavy atom. The van der Waals surface area contributed by atoms with Crippen molar-refractivity contribution in [2.75, 3.05) is 13.1 Å². The van der Waals surface area contributed by atoms with Gasteiger partial charge in [0.15, 0.2) is 0 Å². The second-order valence-corrected chi connectivity index (χ2v) is 7.51. The topological polar surface area (TPSA) is 58.2 Å². The summed E-state index contributed by atoms with van der Waals surface area (Å²) in [5.74, 6) is 0.619. The normalized spacial score (nSPS) is 19.9. The van der Waals surface area contributed by atoms with E-state index < -0.39 is 5.60 Å². The maximum absolute atomic E-state index is 12.3. The van der Waals surface area contributed by atoms with Crippen molar-refractivity contribution in [2.45, 2.75) is 70.8 Å². The van der Waals surface area contributed by atoms with E-state index in [-0.39, 0.29) is 6.09 Å². The van der Waals surface area contributed by atoms with Gasteiger partial charge in [-0.05, 0) is 45.6 Å². The molecule has 1 aromatic heterocycles. The molecule has 1 amide bonds. The van der Waals surface area contributed by atoms with E-state index in [1.165, 1.54) is 42.6 Å². The predicted molar refractivity (Wildman–Crippen MR) is 85.0 cm³/mol. The van der Waals surface area contributed by atoms with Gasteiger partial charge >= 0.3 is 6.09 Å². The van der Waals surface area contributed by atoms with Crippen molar-refractivity contribution in [3.05, 3.63) is 17.0 Å². The predicted octanol–water partition coefficient (Wildman–Crippen LogP) is 3.40. The fourth-order valence-electron chi connectivity index (χ4n) is 3.55. The van der Waals surface area contributed by atoms with E-state index in [9.17, 15) is 4.79 Å². The molecule has 1 N–H and O–H groups in total. The molecule has 1 saturated carbocycles. The summed E-state index contributed by atoms with van der Waals surface area (Å²) in [6.07, 6.45) is 6.67. The maximum atomic E-state index is 12.3. The highest BCUT2D eigenvalue weighted by atomic mass is 16.6. The number of fused-ring (bicyclic) bond motifs is 1. The monoisotopic (exact) mass is 305 g/mol. The second-order valence-electron chi connectivity index (χ2n) is 7.51. The molecule has 0 bridgehead atoms. The maximum Gasteiger partial charge on any atom is 0.410 e. The zero-order valence-electron chi connectivity index (χ0n) is 13.9. The summed E-state index contributed by atoms with van der Waals surface area (Å²) in [6, 6.07) is 0. The minimum Gasteiger partial charge on any atom is -0.444 e. The Morgan fingerprint density at radius 2 is 1.91 bits per heavy atom. The summed E-state index contributed by atoms with van der Waals surface area (Å²) in [5.41, 5.74) is 3.40. The average molecular weight is 305 g/mol. The van der Waals surface area contributed by atoms with Crippen LogP contribution in [-0.2, 0) is 17.6 Å². The number of hydrogen-bond acceptors (Lipinski definition) is 3. The highest BCUT2D eigenvalue weighted by molar-refractivity contribution is 5.68. The van der Waals surface area contributed by atoms with E-state index in [1.54, 1.807) is 0 Å². The van der Waals surface area contributed by atoms with Gasteiger partial charge < -0.3 is 9.64 Å². The van der Waals surface area contributed by atoms with Gasteiger partial charge in [-0.25, -0.2) is 4.79 Å². The first-order chi connectivity index (χ1) is 10.4. The van der Waals surface area contributed by atoms with E-state index in [4.69, 9.17) is 4.74 Å². The van der Waals surface area contributed by atoms with Crippen LogP contribution in [-0.4, -0.2) is 39.9 Å². The lowest BCUT2D eigenvalue weighted by Gasteiger charge is -2.26. The van der Waals surface area contributed by atoms with E-state index in [1.807, 2.05) is 25.7 Å². The highest BCUT2D eigenvalue weighted by Crippen LogP contribution is 2.36. The summed E-state index contributed by atoms with van der Waals surface area (Å²) < 4.78 is 5.50. The molecule has 1 fully saturated rings. The Bertz CT molecular complexity index is 539. The second kappa shape index (κ2) is 5.94. The molecule has 1 aliphatic heterocycles. The molecule has 0 spiro atoms. The number of nitrogens with zero attached hydrogens (tertiary/aromatic N) is 2. The van der Waals surface area contributed by atoms with Gasteiger partial charge in [-0.1, -0.05) is 12.8 Å². The first-order valence-corrected chi connectivity index (χ1v) is 8.48. The SMILES string of the molecule is CC(C)(C)OC(=O)N1CCc2[nH]nc(C3CCCC3)c2CC1. The molecule has 5 nitrogen and oxygen atoms in total. The van der Waals surface area contributed by atoms with E-state index >= 15 is 0 Å². The van der Waals surface area contributed by atoms with Gasteiger partial charge in [-0.2, -0.15) is 5.10 Å². The van der Waals surface area contributed by atoms with Crippen LogP contribution in [0.5, 0.6) is 0 Å². The number of carbonyl (C=O) groups excluding carboxylic acids is 1. The van der Waals surface area contributed by atoms with E-state index in [2.05, 4.69) is 10.2 Å². The molecule has 0 aromatic carbocycles. The van der Waals surface area contributed by atoms with Crippen molar-refractivity contribution in [3.63, 3.8) is 0 Å². The molecular weight excluding hydrogens is 278 g/mol. The first-order valence-electron chi connectivity index (χ1n) is 8.48. The Hall–Kier alpha value is -1.52. The number of H-pyrrole nitrogens is 1. The molecule has 0 saturated heterocycles. The minimum atomic E-state index is -0.436. The smallest absolute Gasteiger partial charge is 0.410 e. The molecule has 122 valence electrons. The standard InChI is InChI=1S/C17H27N3O2/c1-17(2,3)22-16(21)20-10-8-13-14(9-11-20)18-19-15(13)12-6-4-5-7-12/h12H,4-11H2,1-3H3,(H,18,19). The molecular formula is C17H27N3O2. The van der Waals surface area contributed by atoms with Crippen molar-refractivity contribution >= 4 is 6.09 Å². The lowest BCUT2D eigenvalue weighted by atomic mass is 9.97. The molecule has 22 heavy (non-hydrogen) atoms. The average Bonchev–Trinajstić information content (AvgIpc) is 3.02. The van der Waals surface area contributed by atoms with Crippen LogP contribution in [0.15, 0.2) is 0 Å². The number of hydrogen-bond donors (Lipinski definition) is 1. The van der Waals surface area contributed by atoms with E-state index in [0.29, 0.717) is 12.5 Å². The summed E-state index contributed by atoms with van der Waals surface area (Å²) >= 11 is 0. The number of aromatic nitrogens is 2. The summed E-state index contributed by atoms with van der Waals surface area (Å²) in [5, 5.41) is 7.81. The van der Waals surface area contributed by atoms with E-state index in [0.717, 1.165) is 19.4 Å². The van der Waals surface area contributed by atoms with Gasteiger partial charge in [0.2, 0.25) is 0 Å². The van der Waals surface area contributed by atoms with Crippen LogP contribution >= 0.6 is 0 Å². The van der Waals surface area contributed by atoms with Gasteiger partial charge in [0.1, 0.15) is 5.60 Å². The third-order valence-electron chi connectivity index (χ3n) is 4.64. The van der Waals surface area contributed by atoms with Crippen LogP contribution in [0.2, 0.25) is 0 Å². The van der Waals surface area contributed by atoms with Crippen molar-refractivity contribution in [2.24, 2.45) is 0 Å². The summed E-state index contributed by atoms with van der Waals surface area (Å²) in [4.78, 5) is 14.1. The van der Waals surface area contributed by atoms with Crippen LogP contribution in [0.25, 0.3) is 0 Å². The zero-order valence-corrected chi connectivity index (χ0v) is 13.9. The van der Waals surface area contributed by atoms with Crippen LogP contribution in [0.3, 0.4) is 0 Å². The minimum absolute atomic E-state index is 0.201. The summed E-state index contributed by atoms with van der Waals surface area (Å²) in [6.45, 7) is 7.16. The van der Waals surface area contributed by atoms with Crippen molar-refractivity contribution < 1.29 is 9.53 Å². The van der Waals surface area contributed by atoms with Gasteiger partial charge in [-0.3, -0.25) is 5.10 Å². The first kappa shape index (κ1) is 15.4. The van der Waals surface area contributed by atoms with Crippen LogP contribution < -0.4 is 0 Å². The molecule has 0 atom stereocenters. The highest BCUT2D eigenvalue weighted by Gasteiger charge is 2.29. The Labute approximate surface area is 132 Å². The number of amides is 1. The number of rotatable bonds is 1. The third-order valence-corrected chi connectivity index (χ3v) is 4.64. The fraction of sp³-hybridized carbons (Fsp3) is 0.765. The number of aromatic amines is 1. The molecule has 0 unspecified atom stereocenters. The van der Waals surface area contributed by atoms with Gasteiger partial charge in [0.05, 0.1) is 5.69 Å². The Balaban J connectivity index is 1.69. The van der Waals surface area contributed by atoms with Crippen LogP contribution in [0.1, 0.15) is 69.3 Å². The lowest BCUT2D eigenvalue weighted by Crippen LogP contribution is -2.38. The fourth-order valence-corrected chi connectivity index (χ4v) is 3.55. The van der Waals surface area contributed by atoms with Crippen LogP contribution in [0.4, 0.5) is 4.79 Å². The van der Waals surface area contributed by atoms with Crippen LogP contribution in [0, 0.1) is 0 Å². The Morgan fingerprint density at radius 3 is 2.59 bits per heavy atom. The lowest BCUT2D eigenvalue weighted by molar-refractivity contribution is 0.0258. The quantitative estimate of drug-likeness (QED) is 0.865. The van der Waals surface area contributed by atoms with Gasteiger partial charge in [0.25, 0.3) is 0 Å². The van der Waals surface area contributed by atoms with Gasteiger partial charge in [0, 0.05) is 31.1 Å². The number of carbonyl (C=O) groups is 1. The third kappa shape index (κ3) is 3.28. The van der Waals surface area contributed by atoms with Gasteiger partial charge in [-0.15, -0.1) is 0 Å². The zero-order chi connectivity index (χ0) is 15.7.